The molecule has 0 saturated heterocycles. The molecule has 1 heterocycles. The van der Waals surface area contributed by atoms with Crippen molar-refractivity contribution in [1.29, 1.82) is 0 Å². The third-order valence-electron chi connectivity index (χ3n) is 4.11. The summed E-state index contributed by atoms with van der Waals surface area (Å²) < 4.78 is 0. The Bertz CT molecular complexity index is 663. The van der Waals surface area contributed by atoms with E-state index in [9.17, 15) is 9.90 Å². The number of carbonyl (C=O) groups is 1. The molecule has 0 spiro atoms. The third-order valence-corrected chi connectivity index (χ3v) is 5.11. The van der Waals surface area contributed by atoms with E-state index in [1.54, 1.807) is 11.3 Å². The van der Waals surface area contributed by atoms with Gasteiger partial charge in [-0.2, -0.15) is 0 Å². The van der Waals surface area contributed by atoms with Gasteiger partial charge >= 0.3 is 0 Å². The van der Waals surface area contributed by atoms with Crippen molar-refractivity contribution in [3.63, 3.8) is 0 Å². The standard InChI is InChI=1S/C17H19NO2S/c1-11-5-6-12(10-19)9-15(11)18-17(20)14-3-2-4-16-13(14)7-8-21-16/h5-9,14,19H,2-4,10H2,1H3,(H,18,20). The summed E-state index contributed by atoms with van der Waals surface area (Å²) >= 11 is 1.75. The van der Waals surface area contributed by atoms with Crippen molar-refractivity contribution in [3.8, 4) is 0 Å². The zero-order chi connectivity index (χ0) is 14.8. The van der Waals surface area contributed by atoms with Crippen LogP contribution in [0.3, 0.4) is 0 Å². The smallest absolute Gasteiger partial charge is 0.231 e. The summed E-state index contributed by atoms with van der Waals surface area (Å²) in [6, 6.07) is 7.74. The van der Waals surface area contributed by atoms with E-state index in [0.29, 0.717) is 0 Å². The molecule has 1 amide bonds. The van der Waals surface area contributed by atoms with Crippen molar-refractivity contribution in [2.24, 2.45) is 0 Å². The number of rotatable bonds is 3. The molecule has 0 saturated carbocycles. The lowest BCUT2D eigenvalue weighted by Crippen LogP contribution is -2.24. The highest BCUT2D eigenvalue weighted by molar-refractivity contribution is 7.10. The molecule has 3 rings (SSSR count). The number of anilines is 1. The van der Waals surface area contributed by atoms with Crippen LogP contribution in [0.4, 0.5) is 5.69 Å². The molecular weight excluding hydrogens is 282 g/mol. The van der Waals surface area contributed by atoms with Gasteiger partial charge in [-0.3, -0.25) is 4.79 Å². The van der Waals surface area contributed by atoms with Crippen LogP contribution >= 0.6 is 11.3 Å². The SMILES string of the molecule is Cc1ccc(CO)cc1NC(=O)C1CCCc2sccc21. The first-order chi connectivity index (χ1) is 10.2. The summed E-state index contributed by atoms with van der Waals surface area (Å²) in [6.45, 7) is 1.95. The van der Waals surface area contributed by atoms with Gasteiger partial charge < -0.3 is 10.4 Å². The molecule has 1 unspecified atom stereocenters. The first-order valence-corrected chi connectivity index (χ1v) is 8.14. The highest BCUT2D eigenvalue weighted by atomic mass is 32.1. The summed E-state index contributed by atoms with van der Waals surface area (Å²) in [7, 11) is 0. The molecule has 0 bridgehead atoms. The molecule has 1 aromatic carbocycles. The summed E-state index contributed by atoms with van der Waals surface area (Å²) in [4.78, 5) is 14.0. The van der Waals surface area contributed by atoms with E-state index in [0.717, 1.165) is 36.1 Å². The van der Waals surface area contributed by atoms with E-state index < -0.39 is 0 Å². The van der Waals surface area contributed by atoms with Gasteiger partial charge in [-0.15, -0.1) is 11.3 Å². The second kappa shape index (κ2) is 6.00. The first kappa shape index (κ1) is 14.3. The molecule has 0 radical (unpaired) electrons. The predicted molar refractivity (Wildman–Crippen MR) is 85.7 cm³/mol. The van der Waals surface area contributed by atoms with E-state index in [2.05, 4.69) is 16.8 Å². The number of hydrogen-bond acceptors (Lipinski definition) is 3. The van der Waals surface area contributed by atoms with Crippen LogP contribution in [0.1, 0.15) is 40.3 Å². The Balaban J connectivity index is 1.82. The van der Waals surface area contributed by atoms with Crippen LogP contribution in [-0.2, 0) is 17.8 Å². The molecule has 21 heavy (non-hydrogen) atoms. The monoisotopic (exact) mass is 301 g/mol. The van der Waals surface area contributed by atoms with Crippen LogP contribution < -0.4 is 5.32 Å². The quantitative estimate of drug-likeness (QED) is 0.910. The number of aryl methyl sites for hydroxylation is 2. The van der Waals surface area contributed by atoms with Crippen molar-refractivity contribution >= 4 is 22.9 Å². The number of fused-ring (bicyclic) bond motifs is 1. The van der Waals surface area contributed by atoms with Crippen LogP contribution in [-0.4, -0.2) is 11.0 Å². The summed E-state index contributed by atoms with van der Waals surface area (Å²) in [5, 5.41) is 14.3. The van der Waals surface area contributed by atoms with Gasteiger partial charge in [-0.1, -0.05) is 12.1 Å². The lowest BCUT2D eigenvalue weighted by molar-refractivity contribution is -0.117. The van der Waals surface area contributed by atoms with E-state index in [1.807, 2.05) is 25.1 Å². The molecular formula is C17H19NO2S. The first-order valence-electron chi connectivity index (χ1n) is 7.26. The fourth-order valence-electron chi connectivity index (χ4n) is 2.88. The van der Waals surface area contributed by atoms with Crippen molar-refractivity contribution < 1.29 is 9.90 Å². The van der Waals surface area contributed by atoms with Crippen LogP contribution in [0.15, 0.2) is 29.6 Å². The van der Waals surface area contributed by atoms with Gasteiger partial charge in [0.15, 0.2) is 0 Å². The fourth-order valence-corrected chi connectivity index (χ4v) is 3.87. The molecule has 1 aliphatic rings. The van der Waals surface area contributed by atoms with Gasteiger partial charge in [-0.05, 0) is 60.4 Å². The number of aliphatic hydroxyl groups excluding tert-OH is 1. The summed E-state index contributed by atoms with van der Waals surface area (Å²) in [5.41, 5.74) is 3.83. The molecule has 1 aliphatic carbocycles. The fraction of sp³-hybridized carbons (Fsp3) is 0.353. The molecule has 1 aromatic heterocycles. The maximum atomic E-state index is 12.6. The Kier molecular flexibility index (Phi) is 4.08. The molecule has 1 atom stereocenters. The van der Waals surface area contributed by atoms with Gasteiger partial charge in [0.2, 0.25) is 5.91 Å². The number of aliphatic hydroxyl groups is 1. The minimum absolute atomic E-state index is 0.0126. The Morgan fingerprint density at radius 1 is 1.43 bits per heavy atom. The highest BCUT2D eigenvalue weighted by Crippen LogP contribution is 2.35. The van der Waals surface area contributed by atoms with Crippen LogP contribution in [0, 0.1) is 6.92 Å². The molecule has 110 valence electrons. The topological polar surface area (TPSA) is 49.3 Å². The Labute approximate surface area is 128 Å². The zero-order valence-electron chi connectivity index (χ0n) is 12.1. The average Bonchev–Trinajstić information content (AvgIpc) is 2.97. The van der Waals surface area contributed by atoms with Gasteiger partial charge in [0.1, 0.15) is 0 Å². The van der Waals surface area contributed by atoms with Crippen LogP contribution in [0.2, 0.25) is 0 Å². The largest absolute Gasteiger partial charge is 0.392 e. The maximum absolute atomic E-state index is 12.6. The summed E-state index contributed by atoms with van der Waals surface area (Å²) in [5.74, 6) is 0.0183. The zero-order valence-corrected chi connectivity index (χ0v) is 12.9. The molecule has 0 fully saturated rings. The van der Waals surface area contributed by atoms with E-state index in [1.165, 1.54) is 10.4 Å². The molecule has 2 aromatic rings. The predicted octanol–water partition coefficient (Wildman–Crippen LogP) is 3.61. The highest BCUT2D eigenvalue weighted by Gasteiger charge is 2.27. The number of hydrogen-bond donors (Lipinski definition) is 2. The van der Waals surface area contributed by atoms with E-state index >= 15 is 0 Å². The second-order valence-electron chi connectivity index (χ2n) is 5.54. The number of carbonyl (C=O) groups excluding carboxylic acids is 1. The lowest BCUT2D eigenvalue weighted by Gasteiger charge is -2.22. The minimum Gasteiger partial charge on any atom is -0.392 e. The number of nitrogens with one attached hydrogen (secondary N) is 1. The molecule has 2 N–H and O–H groups in total. The third kappa shape index (κ3) is 2.87. The van der Waals surface area contributed by atoms with Crippen LogP contribution in [0.25, 0.3) is 0 Å². The van der Waals surface area contributed by atoms with Crippen molar-refractivity contribution in [3.05, 3.63) is 51.2 Å². The Hall–Kier alpha value is -1.65. The maximum Gasteiger partial charge on any atom is 0.231 e. The Morgan fingerprint density at radius 3 is 3.10 bits per heavy atom. The summed E-state index contributed by atoms with van der Waals surface area (Å²) in [6.07, 6.45) is 3.07. The van der Waals surface area contributed by atoms with Crippen molar-refractivity contribution in [1.82, 2.24) is 0 Å². The second-order valence-corrected chi connectivity index (χ2v) is 6.54. The van der Waals surface area contributed by atoms with Crippen molar-refractivity contribution in [2.75, 3.05) is 5.32 Å². The van der Waals surface area contributed by atoms with Crippen molar-refractivity contribution in [2.45, 2.75) is 38.7 Å². The van der Waals surface area contributed by atoms with Gasteiger partial charge in [-0.25, -0.2) is 0 Å². The normalized spacial score (nSPS) is 17.3. The number of amides is 1. The van der Waals surface area contributed by atoms with Crippen LogP contribution in [0.5, 0.6) is 0 Å². The average molecular weight is 301 g/mol. The number of thiophene rings is 1. The van der Waals surface area contributed by atoms with Gasteiger partial charge in [0.25, 0.3) is 0 Å². The minimum atomic E-state index is -0.0443. The molecule has 0 aliphatic heterocycles. The van der Waals surface area contributed by atoms with Gasteiger partial charge in [0, 0.05) is 10.6 Å². The Morgan fingerprint density at radius 2 is 2.29 bits per heavy atom. The van der Waals surface area contributed by atoms with Gasteiger partial charge in [0.05, 0.1) is 12.5 Å². The van der Waals surface area contributed by atoms with E-state index in [-0.39, 0.29) is 18.4 Å². The molecule has 4 heteroatoms. The van der Waals surface area contributed by atoms with E-state index in [4.69, 9.17) is 0 Å². The molecule has 3 nitrogen and oxygen atoms in total. The lowest BCUT2D eigenvalue weighted by atomic mass is 9.87. The number of benzene rings is 1.